The van der Waals surface area contributed by atoms with Gasteiger partial charge in [-0.3, -0.25) is 0 Å². The molecular weight excluding hydrogens is 347 g/mol. The van der Waals surface area contributed by atoms with Gasteiger partial charge in [0.05, 0.1) is 11.5 Å². The van der Waals surface area contributed by atoms with Crippen molar-refractivity contribution in [3.05, 3.63) is 24.3 Å². The van der Waals surface area contributed by atoms with E-state index < -0.39 is 6.10 Å². The topological polar surface area (TPSA) is 20.2 Å². The lowest BCUT2D eigenvalue weighted by molar-refractivity contribution is 0.172. The molecule has 0 saturated carbocycles. The average molecular weight is 368 g/mol. The predicted octanol–water partition coefficient (Wildman–Crippen LogP) is 4.65. The molecule has 0 amide bonds. The van der Waals surface area contributed by atoms with Crippen molar-refractivity contribution >= 4 is 39.1 Å². The Morgan fingerprint density at radius 2 is 1.74 bits per heavy atom. The maximum Gasteiger partial charge on any atom is 0.0741 e. The van der Waals surface area contributed by atoms with Crippen LogP contribution in [0.5, 0.6) is 0 Å². The largest absolute Gasteiger partial charge is 0.391 e. The van der Waals surface area contributed by atoms with E-state index in [0.29, 0.717) is 17.7 Å². The van der Waals surface area contributed by atoms with Crippen LogP contribution in [0.25, 0.3) is 0 Å². The monoisotopic (exact) mass is 366 g/mol. The van der Waals surface area contributed by atoms with Gasteiger partial charge in [0.15, 0.2) is 0 Å². The summed E-state index contributed by atoms with van der Waals surface area (Å²) in [6, 6.07) is 0. The molecule has 1 N–H and O–H groups in total. The molecule has 0 aromatic rings. The third-order valence-electron chi connectivity index (χ3n) is 2.68. The van der Waals surface area contributed by atoms with Gasteiger partial charge in [-0.15, -0.1) is 29.6 Å². The summed E-state index contributed by atoms with van der Waals surface area (Å²) in [6.45, 7) is 2.09. The molecule has 19 heavy (non-hydrogen) atoms. The highest BCUT2D eigenvalue weighted by Gasteiger charge is 2.14. The van der Waals surface area contributed by atoms with Crippen molar-refractivity contribution in [3.63, 3.8) is 0 Å². The van der Waals surface area contributed by atoms with Crippen LogP contribution in [0.1, 0.15) is 32.6 Å². The molecule has 0 saturated heterocycles. The van der Waals surface area contributed by atoms with Crippen molar-refractivity contribution in [2.24, 2.45) is 0 Å². The van der Waals surface area contributed by atoms with Crippen molar-refractivity contribution in [1.82, 2.24) is 0 Å². The smallest absolute Gasteiger partial charge is 0.0741 e. The van der Waals surface area contributed by atoms with Crippen LogP contribution in [-0.4, -0.2) is 26.8 Å². The van der Waals surface area contributed by atoms with Crippen LogP contribution in [0.2, 0.25) is 0 Å². The van der Waals surface area contributed by atoms with Gasteiger partial charge in [0.2, 0.25) is 0 Å². The Labute approximate surface area is 135 Å². The molecule has 1 nitrogen and oxygen atoms in total. The van der Waals surface area contributed by atoms with E-state index in [0.717, 1.165) is 12.8 Å². The molecule has 0 aliphatic heterocycles. The van der Waals surface area contributed by atoms with Crippen LogP contribution in [0.4, 0.5) is 0 Å². The summed E-state index contributed by atoms with van der Waals surface area (Å²) in [5, 5.41) is 9.53. The first-order valence-corrected chi connectivity index (χ1v) is 8.18. The summed E-state index contributed by atoms with van der Waals surface area (Å²) in [4.78, 5) is 0.324. The van der Waals surface area contributed by atoms with E-state index >= 15 is 0 Å². The van der Waals surface area contributed by atoms with Gasteiger partial charge in [-0.25, -0.2) is 0 Å². The molecule has 0 rings (SSSR count). The van der Waals surface area contributed by atoms with Gasteiger partial charge in [0, 0.05) is 10.2 Å². The maximum absolute atomic E-state index is 9.76. The fourth-order valence-electron chi connectivity index (χ4n) is 1.44. The Morgan fingerprint density at radius 1 is 1.16 bits per heavy atom. The fourth-order valence-corrected chi connectivity index (χ4v) is 2.14. The maximum atomic E-state index is 9.76. The molecule has 0 aliphatic rings. The molecule has 0 bridgehead atoms. The van der Waals surface area contributed by atoms with E-state index in [-0.39, 0.29) is 10.8 Å². The molecule has 0 spiro atoms. The van der Waals surface area contributed by atoms with Crippen molar-refractivity contribution in [2.45, 2.75) is 54.3 Å². The molecule has 0 aromatic heterocycles. The van der Waals surface area contributed by atoms with Gasteiger partial charge in [-0.05, 0) is 31.8 Å². The van der Waals surface area contributed by atoms with Gasteiger partial charge < -0.3 is 5.11 Å². The van der Waals surface area contributed by atoms with E-state index in [1.54, 1.807) is 12.2 Å². The highest BCUT2D eigenvalue weighted by atomic mass is 79.9. The number of allylic oxidation sites excluding steroid dienone is 3. The van der Waals surface area contributed by atoms with E-state index in [4.69, 9.17) is 29.6 Å². The lowest BCUT2D eigenvalue weighted by Crippen LogP contribution is -2.19. The van der Waals surface area contributed by atoms with Gasteiger partial charge in [-0.1, -0.05) is 47.0 Å². The Morgan fingerprint density at radius 3 is 2.26 bits per heavy atom. The zero-order valence-corrected chi connectivity index (χ0v) is 14.2. The summed E-state index contributed by atoms with van der Waals surface area (Å²) in [6.07, 6.45) is 14.7. The third-order valence-corrected chi connectivity index (χ3v) is 5.22. The van der Waals surface area contributed by atoms with Crippen LogP contribution < -0.4 is 0 Å². The second-order valence-electron chi connectivity index (χ2n) is 4.27. The van der Waals surface area contributed by atoms with Gasteiger partial charge in [-0.2, -0.15) is 0 Å². The van der Waals surface area contributed by atoms with Crippen LogP contribution in [-0.2, 0) is 0 Å². The summed E-state index contributed by atoms with van der Waals surface area (Å²) >= 11 is 15.8. The first kappa shape index (κ1) is 19.1. The van der Waals surface area contributed by atoms with Crippen LogP contribution >= 0.6 is 39.1 Å². The fraction of sp³-hybridized carbons (Fsp3) is 0.600. The SMILES string of the molecule is C#C/C=C/C[C@@H](O)[C@@H](Cl)C/C=C\C[C@@H](Cl)[C@@H](Br)CC. The van der Waals surface area contributed by atoms with E-state index in [1.807, 2.05) is 12.2 Å². The summed E-state index contributed by atoms with van der Waals surface area (Å²) in [5.41, 5.74) is 0. The van der Waals surface area contributed by atoms with Crippen LogP contribution in [0.15, 0.2) is 24.3 Å². The van der Waals surface area contributed by atoms with Gasteiger partial charge in [0.1, 0.15) is 0 Å². The van der Waals surface area contributed by atoms with E-state index in [9.17, 15) is 5.11 Å². The Balaban J connectivity index is 3.92. The molecule has 0 aromatic carbocycles. The van der Waals surface area contributed by atoms with Crippen molar-refractivity contribution < 1.29 is 5.11 Å². The predicted molar refractivity (Wildman–Crippen MR) is 89.3 cm³/mol. The van der Waals surface area contributed by atoms with Crippen molar-refractivity contribution in [2.75, 3.05) is 0 Å². The standard InChI is InChI=1S/C15H21BrCl2O/c1-3-5-6-11-15(19)14(18)10-8-7-9-13(17)12(16)4-2/h1,5-8,12-15,19H,4,9-11H2,2H3/b6-5+,8-7-/t12-,13+,14-,15+/m0/s1. The first-order chi connectivity index (χ1) is 9.02. The minimum absolute atomic E-state index is 0.0820. The van der Waals surface area contributed by atoms with E-state index in [2.05, 4.69) is 28.8 Å². The highest BCUT2D eigenvalue weighted by Crippen LogP contribution is 2.19. The minimum atomic E-state index is -0.581. The molecule has 108 valence electrons. The molecule has 4 heteroatoms. The molecule has 0 fully saturated rings. The molecular formula is C15H21BrCl2O. The van der Waals surface area contributed by atoms with E-state index in [1.165, 1.54) is 0 Å². The average Bonchev–Trinajstić information content (AvgIpc) is 2.42. The number of rotatable bonds is 9. The second kappa shape index (κ2) is 11.9. The minimum Gasteiger partial charge on any atom is -0.391 e. The highest BCUT2D eigenvalue weighted by molar-refractivity contribution is 9.09. The lowest BCUT2D eigenvalue weighted by Gasteiger charge is -2.14. The zero-order chi connectivity index (χ0) is 14.7. The molecule has 0 heterocycles. The Hall–Kier alpha value is 0.0600. The quantitative estimate of drug-likeness (QED) is 0.357. The summed E-state index contributed by atoms with van der Waals surface area (Å²) < 4.78 is 0. The Bertz CT molecular complexity index is 323. The van der Waals surface area contributed by atoms with Gasteiger partial charge >= 0.3 is 0 Å². The number of aliphatic hydroxyl groups excluding tert-OH is 1. The molecule has 0 unspecified atom stereocenters. The van der Waals surface area contributed by atoms with Crippen molar-refractivity contribution in [3.8, 4) is 12.3 Å². The van der Waals surface area contributed by atoms with Crippen LogP contribution in [0, 0.1) is 12.3 Å². The van der Waals surface area contributed by atoms with Crippen molar-refractivity contribution in [1.29, 1.82) is 0 Å². The number of aliphatic hydroxyl groups is 1. The molecule has 0 aliphatic carbocycles. The second-order valence-corrected chi connectivity index (χ2v) is 6.57. The zero-order valence-electron chi connectivity index (χ0n) is 11.1. The first-order valence-electron chi connectivity index (χ1n) is 6.39. The molecule has 4 atom stereocenters. The third kappa shape index (κ3) is 9.57. The number of halogens is 3. The summed E-state index contributed by atoms with van der Waals surface area (Å²) in [5.74, 6) is 2.37. The normalized spacial score (nSPS) is 18.3. The van der Waals surface area contributed by atoms with Crippen LogP contribution in [0.3, 0.4) is 0 Å². The number of alkyl halides is 3. The number of hydrogen-bond acceptors (Lipinski definition) is 1. The summed E-state index contributed by atoms with van der Waals surface area (Å²) in [7, 11) is 0. The number of terminal acetylenes is 1. The molecule has 0 radical (unpaired) electrons. The lowest BCUT2D eigenvalue weighted by atomic mass is 10.1. The number of hydrogen-bond donors (Lipinski definition) is 1. The Kier molecular flexibility index (Phi) is 11.9. The van der Waals surface area contributed by atoms with Gasteiger partial charge in [0.25, 0.3) is 0 Å².